The number of hydrogen-bond acceptors (Lipinski definition) is 3. The Morgan fingerprint density at radius 1 is 1.26 bits per heavy atom. The zero-order chi connectivity index (χ0) is 13.5. The fourth-order valence-electron chi connectivity index (χ4n) is 2.08. The highest BCUT2D eigenvalue weighted by atomic mass is 32.2. The van der Waals surface area contributed by atoms with E-state index in [-0.39, 0.29) is 0 Å². The van der Waals surface area contributed by atoms with E-state index < -0.39 is 0 Å². The normalized spacial score (nSPS) is 12.5. The molecule has 2 aromatic rings. The number of furan rings is 1. The van der Waals surface area contributed by atoms with Crippen LogP contribution in [-0.4, -0.2) is 18.3 Å². The van der Waals surface area contributed by atoms with E-state index in [1.807, 2.05) is 24.1 Å². The molecule has 1 N–H and O–H groups in total. The second kappa shape index (κ2) is 7.41. The first kappa shape index (κ1) is 14.2. The molecule has 19 heavy (non-hydrogen) atoms. The van der Waals surface area contributed by atoms with E-state index in [1.54, 1.807) is 6.26 Å². The van der Waals surface area contributed by atoms with Crippen LogP contribution in [0.25, 0.3) is 0 Å². The Hall–Kier alpha value is -1.19. The lowest BCUT2D eigenvalue weighted by Crippen LogP contribution is -2.33. The van der Waals surface area contributed by atoms with E-state index in [9.17, 15) is 0 Å². The summed E-state index contributed by atoms with van der Waals surface area (Å²) in [4.78, 5) is 1.37. The Kier molecular flexibility index (Phi) is 5.55. The smallest absolute Gasteiger partial charge is 0.0935 e. The molecule has 0 radical (unpaired) electrons. The largest absolute Gasteiger partial charge is 0.472 e. The van der Waals surface area contributed by atoms with Gasteiger partial charge in [0.05, 0.1) is 12.5 Å². The van der Waals surface area contributed by atoms with E-state index in [4.69, 9.17) is 4.42 Å². The molecule has 102 valence electrons. The number of rotatable bonds is 7. The molecule has 1 aromatic heterocycles. The highest BCUT2D eigenvalue weighted by Crippen LogP contribution is 2.23. The Morgan fingerprint density at radius 2 is 2.11 bits per heavy atom. The Bertz CT molecular complexity index is 481. The van der Waals surface area contributed by atoms with Gasteiger partial charge in [-0.15, -0.1) is 11.8 Å². The maximum Gasteiger partial charge on any atom is 0.0935 e. The first-order chi connectivity index (χ1) is 9.29. The molecular formula is C16H21NOS. The lowest BCUT2D eigenvalue weighted by molar-refractivity contribution is 0.547. The number of nitrogens with one attached hydrogen (secondary N) is 1. The van der Waals surface area contributed by atoms with Gasteiger partial charge in [-0.2, -0.15) is 0 Å². The third-order valence-corrected chi connectivity index (χ3v) is 4.43. The summed E-state index contributed by atoms with van der Waals surface area (Å²) >= 11 is 1.92. The van der Waals surface area contributed by atoms with Crippen LogP contribution in [0.1, 0.15) is 18.1 Å². The summed E-state index contributed by atoms with van der Waals surface area (Å²) in [6.45, 7) is 5.32. The minimum atomic E-state index is 0.479. The number of thioether (sulfide) groups is 1. The summed E-state index contributed by atoms with van der Waals surface area (Å²) in [6, 6.07) is 11.1. The molecular weight excluding hydrogens is 254 g/mol. The van der Waals surface area contributed by atoms with Crippen molar-refractivity contribution >= 4 is 11.8 Å². The van der Waals surface area contributed by atoms with Gasteiger partial charge in [0.25, 0.3) is 0 Å². The van der Waals surface area contributed by atoms with Crippen molar-refractivity contribution in [3.05, 3.63) is 54.0 Å². The molecule has 0 aliphatic heterocycles. The van der Waals surface area contributed by atoms with Crippen LogP contribution in [0.3, 0.4) is 0 Å². The number of aryl methyl sites for hydroxylation is 1. The minimum absolute atomic E-state index is 0.479. The summed E-state index contributed by atoms with van der Waals surface area (Å²) < 4.78 is 5.14. The van der Waals surface area contributed by atoms with Crippen molar-refractivity contribution in [2.45, 2.75) is 31.2 Å². The molecule has 2 nitrogen and oxygen atoms in total. The SMILES string of the molecule is CCNC(CSc1ccccc1C)Cc1ccoc1. The van der Waals surface area contributed by atoms with Gasteiger partial charge in [0.1, 0.15) is 0 Å². The van der Waals surface area contributed by atoms with E-state index in [0.29, 0.717) is 6.04 Å². The zero-order valence-electron chi connectivity index (χ0n) is 11.6. The molecule has 0 bridgehead atoms. The molecule has 0 aliphatic rings. The van der Waals surface area contributed by atoms with Crippen molar-refractivity contribution < 1.29 is 4.42 Å². The van der Waals surface area contributed by atoms with Gasteiger partial charge in [-0.05, 0) is 43.1 Å². The van der Waals surface area contributed by atoms with Gasteiger partial charge in [-0.1, -0.05) is 25.1 Å². The van der Waals surface area contributed by atoms with Crippen LogP contribution in [0, 0.1) is 6.92 Å². The van der Waals surface area contributed by atoms with E-state index in [0.717, 1.165) is 18.7 Å². The molecule has 1 unspecified atom stereocenters. The van der Waals surface area contributed by atoms with Crippen molar-refractivity contribution in [3.63, 3.8) is 0 Å². The summed E-state index contributed by atoms with van der Waals surface area (Å²) in [7, 11) is 0. The fourth-order valence-corrected chi connectivity index (χ4v) is 3.17. The molecule has 0 saturated heterocycles. The fraction of sp³-hybridized carbons (Fsp3) is 0.375. The molecule has 1 atom stereocenters. The van der Waals surface area contributed by atoms with Gasteiger partial charge in [0, 0.05) is 16.7 Å². The Morgan fingerprint density at radius 3 is 2.79 bits per heavy atom. The van der Waals surface area contributed by atoms with Crippen LogP contribution in [-0.2, 0) is 6.42 Å². The first-order valence-corrected chi connectivity index (χ1v) is 7.71. The van der Waals surface area contributed by atoms with Crippen LogP contribution < -0.4 is 5.32 Å². The summed E-state index contributed by atoms with van der Waals surface area (Å²) in [5, 5.41) is 3.55. The van der Waals surface area contributed by atoms with E-state index in [2.05, 4.69) is 43.4 Å². The van der Waals surface area contributed by atoms with Gasteiger partial charge in [-0.25, -0.2) is 0 Å². The molecule has 1 aromatic carbocycles. The lowest BCUT2D eigenvalue weighted by atomic mass is 10.1. The van der Waals surface area contributed by atoms with Crippen LogP contribution in [0.2, 0.25) is 0 Å². The van der Waals surface area contributed by atoms with Gasteiger partial charge < -0.3 is 9.73 Å². The molecule has 3 heteroatoms. The highest BCUT2D eigenvalue weighted by Gasteiger charge is 2.10. The van der Waals surface area contributed by atoms with Crippen molar-refractivity contribution in [1.29, 1.82) is 0 Å². The molecule has 0 spiro atoms. The average molecular weight is 275 g/mol. The molecule has 0 fully saturated rings. The maximum atomic E-state index is 5.14. The monoisotopic (exact) mass is 275 g/mol. The predicted octanol–water partition coefficient (Wildman–Crippen LogP) is 3.90. The average Bonchev–Trinajstić information content (AvgIpc) is 2.91. The maximum absolute atomic E-state index is 5.14. The van der Waals surface area contributed by atoms with Crippen molar-refractivity contribution in [2.75, 3.05) is 12.3 Å². The third kappa shape index (κ3) is 4.44. The molecule has 0 amide bonds. The van der Waals surface area contributed by atoms with Gasteiger partial charge in [0.2, 0.25) is 0 Å². The highest BCUT2D eigenvalue weighted by molar-refractivity contribution is 7.99. The van der Waals surface area contributed by atoms with E-state index in [1.165, 1.54) is 16.0 Å². The van der Waals surface area contributed by atoms with Crippen LogP contribution in [0.4, 0.5) is 0 Å². The summed E-state index contributed by atoms with van der Waals surface area (Å²) in [5.41, 5.74) is 2.61. The van der Waals surface area contributed by atoms with Crippen LogP contribution in [0.5, 0.6) is 0 Å². The summed E-state index contributed by atoms with van der Waals surface area (Å²) in [6.07, 6.45) is 4.60. The van der Waals surface area contributed by atoms with Crippen LogP contribution >= 0.6 is 11.8 Å². The van der Waals surface area contributed by atoms with Crippen molar-refractivity contribution in [1.82, 2.24) is 5.32 Å². The topological polar surface area (TPSA) is 25.2 Å². The standard InChI is InChI=1S/C16H21NOS/c1-3-17-15(10-14-8-9-18-11-14)12-19-16-7-5-4-6-13(16)2/h4-9,11,15,17H,3,10,12H2,1-2H3. The van der Waals surface area contributed by atoms with Crippen LogP contribution in [0.15, 0.2) is 52.2 Å². The predicted molar refractivity (Wildman–Crippen MR) is 81.8 cm³/mol. The molecule has 1 heterocycles. The third-order valence-electron chi connectivity index (χ3n) is 3.09. The number of likely N-dealkylation sites (N-methyl/N-ethyl adjacent to an activating group) is 1. The number of hydrogen-bond donors (Lipinski definition) is 1. The minimum Gasteiger partial charge on any atom is -0.472 e. The zero-order valence-corrected chi connectivity index (χ0v) is 12.4. The molecule has 0 saturated carbocycles. The van der Waals surface area contributed by atoms with Gasteiger partial charge in [-0.3, -0.25) is 0 Å². The second-order valence-corrected chi connectivity index (χ2v) is 5.73. The molecule has 2 rings (SSSR count). The number of benzene rings is 1. The Labute approximate surface area is 119 Å². The van der Waals surface area contributed by atoms with Crippen molar-refractivity contribution in [2.24, 2.45) is 0 Å². The molecule has 0 aliphatic carbocycles. The quantitative estimate of drug-likeness (QED) is 0.776. The Balaban J connectivity index is 1.91. The summed E-state index contributed by atoms with van der Waals surface area (Å²) in [5.74, 6) is 1.07. The first-order valence-electron chi connectivity index (χ1n) is 6.72. The van der Waals surface area contributed by atoms with E-state index >= 15 is 0 Å². The van der Waals surface area contributed by atoms with Gasteiger partial charge >= 0.3 is 0 Å². The second-order valence-electron chi connectivity index (χ2n) is 4.67. The lowest BCUT2D eigenvalue weighted by Gasteiger charge is -2.17. The van der Waals surface area contributed by atoms with Crippen molar-refractivity contribution in [3.8, 4) is 0 Å². The van der Waals surface area contributed by atoms with Gasteiger partial charge in [0.15, 0.2) is 0 Å².